The van der Waals surface area contributed by atoms with Gasteiger partial charge in [0, 0.05) is 66.8 Å². The summed E-state index contributed by atoms with van der Waals surface area (Å²) >= 11 is 0. The molecule has 5 rings (SSSR count). The summed E-state index contributed by atoms with van der Waals surface area (Å²) in [7, 11) is 3.96. The van der Waals surface area contributed by atoms with E-state index in [0.717, 1.165) is 28.4 Å². The molecule has 1 aromatic carbocycles. The van der Waals surface area contributed by atoms with Crippen LogP contribution in [0.4, 0.5) is 11.5 Å². The number of hydrogen-bond acceptors (Lipinski definition) is 6. The summed E-state index contributed by atoms with van der Waals surface area (Å²) in [5, 5.41) is 6.30. The number of carbonyl (C=O) groups excluding carboxylic acids is 2. The van der Waals surface area contributed by atoms with Crippen LogP contribution >= 0.6 is 0 Å². The number of ketones is 1. The number of nitrogens with one attached hydrogen (secondary N) is 2. The molecule has 0 fully saturated rings. The van der Waals surface area contributed by atoms with Crippen LogP contribution in [0, 0.1) is 0 Å². The smallest absolute Gasteiger partial charge is 0.255 e. The Morgan fingerprint density at radius 3 is 2.54 bits per heavy atom. The standard InChI is InChI=1S/C28H28N4O3/c1-17-25(28(34)31-24-8-4-5-13-29-24)26(18-9-11-20(12-10-18)32(2)3)27-21(30-17)15-19(16-22(27)33)23-7-6-14-35-23/h4-14,19,26,30H,15-16H2,1-3H3,(H,29,31,34). The van der Waals surface area contributed by atoms with Crippen molar-refractivity contribution in [2.45, 2.75) is 31.6 Å². The molecule has 2 unspecified atom stereocenters. The van der Waals surface area contributed by atoms with Gasteiger partial charge in [0.1, 0.15) is 11.6 Å². The molecule has 2 atom stereocenters. The SMILES string of the molecule is CC1=C(C(=O)Nc2ccccn2)C(c2ccc(N(C)C)cc2)C2=C(CC(c3ccco3)CC2=O)N1. The van der Waals surface area contributed by atoms with Crippen molar-refractivity contribution in [2.24, 2.45) is 0 Å². The number of rotatable bonds is 5. The third kappa shape index (κ3) is 4.37. The van der Waals surface area contributed by atoms with Gasteiger partial charge < -0.3 is 20.0 Å². The van der Waals surface area contributed by atoms with Crippen LogP contribution in [0.15, 0.2) is 94.0 Å². The largest absolute Gasteiger partial charge is 0.469 e. The third-order valence-electron chi connectivity index (χ3n) is 6.67. The van der Waals surface area contributed by atoms with Crippen LogP contribution in [0.1, 0.15) is 42.9 Å². The van der Waals surface area contributed by atoms with Crippen molar-refractivity contribution >= 4 is 23.2 Å². The first-order valence-electron chi connectivity index (χ1n) is 11.7. The van der Waals surface area contributed by atoms with Gasteiger partial charge >= 0.3 is 0 Å². The van der Waals surface area contributed by atoms with E-state index in [9.17, 15) is 9.59 Å². The van der Waals surface area contributed by atoms with Crippen LogP contribution in [-0.4, -0.2) is 30.8 Å². The molecule has 3 heterocycles. The molecule has 7 heteroatoms. The molecule has 0 saturated carbocycles. The van der Waals surface area contributed by atoms with E-state index in [1.165, 1.54) is 0 Å². The number of aromatic nitrogens is 1. The lowest BCUT2D eigenvalue weighted by atomic mass is 9.72. The van der Waals surface area contributed by atoms with Gasteiger partial charge in [-0.05, 0) is 55.3 Å². The number of Topliss-reactive ketones (excluding diaryl/α,β-unsaturated/α-hetero) is 1. The monoisotopic (exact) mass is 468 g/mol. The molecule has 1 aliphatic heterocycles. The predicted octanol–water partition coefficient (Wildman–Crippen LogP) is 4.74. The molecular formula is C28H28N4O3. The van der Waals surface area contributed by atoms with Crippen molar-refractivity contribution in [2.75, 3.05) is 24.3 Å². The molecule has 1 amide bonds. The number of pyridine rings is 1. The molecule has 0 bridgehead atoms. The minimum Gasteiger partial charge on any atom is -0.469 e. The minimum atomic E-state index is -0.476. The summed E-state index contributed by atoms with van der Waals surface area (Å²) in [4.78, 5) is 33.4. The predicted molar refractivity (Wildman–Crippen MR) is 135 cm³/mol. The maximum atomic E-state index is 13.6. The highest BCUT2D eigenvalue weighted by Crippen LogP contribution is 2.45. The maximum absolute atomic E-state index is 13.6. The van der Waals surface area contributed by atoms with Crippen LogP contribution < -0.4 is 15.5 Å². The first kappa shape index (κ1) is 22.7. The summed E-state index contributed by atoms with van der Waals surface area (Å²) in [6, 6.07) is 17.2. The zero-order chi connectivity index (χ0) is 24.5. The molecule has 3 aromatic rings. The molecule has 2 aromatic heterocycles. The van der Waals surface area contributed by atoms with E-state index in [4.69, 9.17) is 4.42 Å². The summed E-state index contributed by atoms with van der Waals surface area (Å²) in [5.74, 6) is 0.514. The van der Waals surface area contributed by atoms with Crippen LogP contribution in [0.5, 0.6) is 0 Å². The Hall–Kier alpha value is -4.13. The van der Waals surface area contributed by atoms with Gasteiger partial charge in [0.15, 0.2) is 5.78 Å². The summed E-state index contributed by atoms with van der Waals surface area (Å²) < 4.78 is 5.61. The molecule has 7 nitrogen and oxygen atoms in total. The highest BCUT2D eigenvalue weighted by molar-refractivity contribution is 6.09. The highest BCUT2D eigenvalue weighted by atomic mass is 16.3. The number of dihydropyridines is 1. The fourth-order valence-corrected chi connectivity index (χ4v) is 4.98. The summed E-state index contributed by atoms with van der Waals surface area (Å²) in [6.07, 6.45) is 4.26. The van der Waals surface area contributed by atoms with Crippen molar-refractivity contribution < 1.29 is 14.0 Å². The van der Waals surface area contributed by atoms with Crippen LogP contribution in [0.2, 0.25) is 0 Å². The highest BCUT2D eigenvalue weighted by Gasteiger charge is 2.41. The van der Waals surface area contributed by atoms with Gasteiger partial charge in [-0.15, -0.1) is 0 Å². The number of hydrogen-bond donors (Lipinski definition) is 2. The van der Waals surface area contributed by atoms with Gasteiger partial charge in [0.05, 0.1) is 6.26 Å². The zero-order valence-electron chi connectivity index (χ0n) is 20.0. The number of benzene rings is 1. The maximum Gasteiger partial charge on any atom is 0.255 e. The Morgan fingerprint density at radius 2 is 1.89 bits per heavy atom. The lowest BCUT2D eigenvalue weighted by molar-refractivity contribution is -0.116. The molecule has 0 radical (unpaired) electrons. The molecular weight excluding hydrogens is 440 g/mol. The number of amides is 1. The first-order chi connectivity index (χ1) is 16.9. The van der Waals surface area contributed by atoms with Gasteiger partial charge in [-0.2, -0.15) is 0 Å². The first-order valence-corrected chi connectivity index (χ1v) is 11.7. The van der Waals surface area contributed by atoms with Crippen molar-refractivity contribution in [1.29, 1.82) is 0 Å². The molecule has 0 spiro atoms. The topological polar surface area (TPSA) is 87.5 Å². The molecule has 0 saturated heterocycles. The molecule has 35 heavy (non-hydrogen) atoms. The fourth-order valence-electron chi connectivity index (χ4n) is 4.98. The van der Waals surface area contributed by atoms with Crippen LogP contribution in [-0.2, 0) is 9.59 Å². The van der Waals surface area contributed by atoms with E-state index < -0.39 is 5.92 Å². The van der Waals surface area contributed by atoms with E-state index >= 15 is 0 Å². The Morgan fingerprint density at radius 1 is 1.09 bits per heavy atom. The van der Waals surface area contributed by atoms with Gasteiger partial charge in [0.25, 0.3) is 5.91 Å². The number of furan rings is 1. The van der Waals surface area contributed by atoms with Gasteiger partial charge in [0.2, 0.25) is 0 Å². The molecule has 2 aliphatic rings. The summed E-state index contributed by atoms with van der Waals surface area (Å²) in [5.41, 5.74) is 4.71. The second-order valence-electron chi connectivity index (χ2n) is 9.19. The Labute approximate surface area is 204 Å². The normalized spacial score (nSPS) is 19.8. The zero-order valence-corrected chi connectivity index (χ0v) is 20.0. The lowest BCUT2D eigenvalue weighted by Crippen LogP contribution is -2.37. The molecule has 178 valence electrons. The van der Waals surface area contributed by atoms with E-state index in [-0.39, 0.29) is 17.6 Å². The Balaban J connectivity index is 1.57. The van der Waals surface area contributed by atoms with E-state index in [1.807, 2.05) is 68.4 Å². The Kier molecular flexibility index (Phi) is 5.99. The number of carbonyl (C=O) groups is 2. The number of allylic oxidation sites excluding steroid dienone is 3. The molecule has 1 aliphatic carbocycles. The van der Waals surface area contributed by atoms with Gasteiger partial charge in [-0.1, -0.05) is 18.2 Å². The second kappa shape index (κ2) is 9.25. The fraction of sp³-hybridized carbons (Fsp3) is 0.250. The van der Waals surface area contributed by atoms with E-state index in [1.54, 1.807) is 24.6 Å². The quantitative estimate of drug-likeness (QED) is 0.562. The van der Waals surface area contributed by atoms with E-state index in [0.29, 0.717) is 29.8 Å². The van der Waals surface area contributed by atoms with Crippen molar-refractivity contribution in [3.8, 4) is 0 Å². The Bertz CT molecular complexity index is 1310. The lowest BCUT2D eigenvalue weighted by Gasteiger charge is -2.36. The average molecular weight is 469 g/mol. The van der Waals surface area contributed by atoms with Gasteiger partial charge in [-0.3, -0.25) is 9.59 Å². The molecule has 2 N–H and O–H groups in total. The van der Waals surface area contributed by atoms with Gasteiger partial charge in [-0.25, -0.2) is 4.98 Å². The van der Waals surface area contributed by atoms with E-state index in [2.05, 4.69) is 15.6 Å². The van der Waals surface area contributed by atoms with Crippen molar-refractivity contribution in [1.82, 2.24) is 10.3 Å². The average Bonchev–Trinajstić information content (AvgIpc) is 3.39. The van der Waals surface area contributed by atoms with Crippen LogP contribution in [0.25, 0.3) is 0 Å². The number of nitrogens with zero attached hydrogens (tertiary/aromatic N) is 2. The third-order valence-corrected chi connectivity index (χ3v) is 6.67. The second-order valence-corrected chi connectivity index (χ2v) is 9.19. The van der Waals surface area contributed by atoms with Crippen LogP contribution in [0.3, 0.4) is 0 Å². The summed E-state index contributed by atoms with van der Waals surface area (Å²) in [6.45, 7) is 1.89. The van der Waals surface area contributed by atoms with Crippen molar-refractivity contribution in [3.63, 3.8) is 0 Å². The van der Waals surface area contributed by atoms with Crippen molar-refractivity contribution in [3.05, 3.63) is 101 Å². The number of anilines is 2. The minimum absolute atomic E-state index is 0.0254.